The Morgan fingerprint density at radius 1 is 1.27 bits per heavy atom. The Balaban J connectivity index is 2.09. The number of aliphatic hydroxyl groups is 1. The van der Waals surface area contributed by atoms with Gasteiger partial charge in [-0.1, -0.05) is 46.4 Å². The Morgan fingerprint density at radius 3 is 2.27 bits per heavy atom. The fraction of sp³-hybridized carbons (Fsp3) is 0.333. The molecule has 1 aliphatic rings. The molecule has 3 rings (SSSR count). The first-order valence-corrected chi connectivity index (χ1v) is 8.60. The van der Waals surface area contributed by atoms with Crippen molar-refractivity contribution in [3.63, 3.8) is 0 Å². The number of aliphatic hydroxyl groups excluding tert-OH is 1. The van der Waals surface area contributed by atoms with Crippen LogP contribution < -0.4 is 0 Å². The fourth-order valence-corrected chi connectivity index (χ4v) is 3.99. The van der Waals surface area contributed by atoms with E-state index < -0.39 is 28.1 Å². The molecule has 11 heteroatoms. The van der Waals surface area contributed by atoms with Gasteiger partial charge >= 0.3 is 6.18 Å². The van der Waals surface area contributed by atoms with Crippen molar-refractivity contribution < 1.29 is 18.3 Å². The van der Waals surface area contributed by atoms with E-state index >= 15 is 0 Å². The topological polar surface area (TPSA) is 61.8 Å². The van der Waals surface area contributed by atoms with Crippen LogP contribution in [-0.2, 0) is 6.18 Å². The van der Waals surface area contributed by atoms with Crippen molar-refractivity contribution >= 4 is 46.4 Å². The van der Waals surface area contributed by atoms with Crippen LogP contribution >= 0.6 is 46.4 Å². The molecule has 1 saturated carbocycles. The van der Waals surface area contributed by atoms with Gasteiger partial charge in [-0.3, -0.25) is 0 Å². The summed E-state index contributed by atoms with van der Waals surface area (Å²) in [6.45, 7) is 0. The number of aromatic nitrogens is 2. The lowest BCUT2D eigenvalue weighted by molar-refractivity contribution is -0.137. The van der Waals surface area contributed by atoms with Gasteiger partial charge < -0.3 is 5.11 Å². The minimum absolute atomic E-state index is 0.0151. The lowest BCUT2D eigenvalue weighted by atomic mass is 9.76. The number of alkyl halides is 5. The summed E-state index contributed by atoms with van der Waals surface area (Å²) >= 11 is 24.1. The van der Waals surface area contributed by atoms with E-state index in [-0.39, 0.29) is 27.8 Å². The first-order chi connectivity index (χ1) is 12.0. The first-order valence-electron chi connectivity index (χ1n) is 7.09. The smallest absolute Gasteiger partial charge is 0.390 e. The molecule has 138 valence electrons. The molecular weight excluding hydrogens is 437 g/mol. The highest BCUT2D eigenvalue weighted by Gasteiger charge is 2.54. The Labute approximate surface area is 165 Å². The summed E-state index contributed by atoms with van der Waals surface area (Å²) in [5.41, 5.74) is -0.722. The minimum atomic E-state index is -4.61. The van der Waals surface area contributed by atoms with E-state index in [0.717, 1.165) is 16.8 Å². The van der Waals surface area contributed by atoms with Crippen molar-refractivity contribution in [2.45, 2.75) is 29.0 Å². The molecule has 1 fully saturated rings. The van der Waals surface area contributed by atoms with Crippen molar-refractivity contribution in [3.8, 4) is 11.8 Å². The van der Waals surface area contributed by atoms with E-state index in [1.807, 2.05) is 6.07 Å². The Kier molecular flexibility index (Phi) is 4.87. The van der Waals surface area contributed by atoms with E-state index in [1.54, 1.807) is 0 Å². The molecule has 1 heterocycles. The summed E-state index contributed by atoms with van der Waals surface area (Å²) in [5, 5.41) is 22.4. The number of rotatable bonds is 2. The van der Waals surface area contributed by atoms with Gasteiger partial charge in [-0.25, -0.2) is 4.68 Å². The quantitative estimate of drug-likeness (QED) is 0.656. The molecule has 0 saturated heterocycles. The number of nitriles is 1. The number of benzene rings is 1. The molecule has 2 aromatic rings. The molecule has 0 amide bonds. The zero-order valence-corrected chi connectivity index (χ0v) is 15.6. The molecule has 4 nitrogen and oxygen atoms in total. The molecule has 2 atom stereocenters. The van der Waals surface area contributed by atoms with Gasteiger partial charge in [-0.2, -0.15) is 23.5 Å². The second-order valence-corrected chi connectivity index (χ2v) is 8.01. The molecule has 1 aromatic carbocycles. The van der Waals surface area contributed by atoms with E-state index in [9.17, 15) is 23.5 Å². The predicted octanol–water partition coefficient (Wildman–Crippen LogP) is 5.09. The fourth-order valence-electron chi connectivity index (χ4n) is 2.74. The summed E-state index contributed by atoms with van der Waals surface area (Å²) in [4.78, 5) is 0. The lowest BCUT2D eigenvalue weighted by Crippen LogP contribution is -2.49. The highest BCUT2D eigenvalue weighted by Crippen LogP contribution is 2.54. The van der Waals surface area contributed by atoms with E-state index in [4.69, 9.17) is 46.4 Å². The highest BCUT2D eigenvalue weighted by molar-refractivity contribution is 6.50. The van der Waals surface area contributed by atoms with Gasteiger partial charge in [0, 0.05) is 17.7 Å². The zero-order valence-electron chi connectivity index (χ0n) is 12.5. The zero-order chi connectivity index (χ0) is 19.4. The van der Waals surface area contributed by atoms with Crippen molar-refractivity contribution in [1.29, 1.82) is 5.26 Å². The van der Waals surface area contributed by atoms with Crippen LogP contribution in [0.5, 0.6) is 0 Å². The Morgan fingerprint density at radius 2 is 1.85 bits per heavy atom. The van der Waals surface area contributed by atoms with Crippen LogP contribution in [0.3, 0.4) is 0 Å². The average Bonchev–Trinajstić information content (AvgIpc) is 2.93. The normalized spacial score (nSPS) is 22.0. The van der Waals surface area contributed by atoms with E-state index in [0.29, 0.717) is 5.56 Å². The molecule has 0 spiro atoms. The van der Waals surface area contributed by atoms with E-state index in [1.165, 1.54) is 6.20 Å². The first kappa shape index (κ1) is 19.6. The summed E-state index contributed by atoms with van der Waals surface area (Å²) in [6.07, 6.45) is -4.00. The molecule has 1 aliphatic carbocycles. The molecule has 1 N–H and O–H groups in total. The van der Waals surface area contributed by atoms with Gasteiger partial charge in [-0.15, -0.1) is 0 Å². The van der Waals surface area contributed by atoms with Gasteiger partial charge in [-0.05, 0) is 18.6 Å². The Bertz CT molecular complexity index is 897. The lowest BCUT2D eigenvalue weighted by Gasteiger charge is -2.44. The van der Waals surface area contributed by atoms with Gasteiger partial charge in [0.15, 0.2) is 10.0 Å². The van der Waals surface area contributed by atoms with Gasteiger partial charge in [0.05, 0.1) is 21.7 Å². The molecule has 0 aliphatic heterocycles. The number of halogens is 7. The van der Waals surface area contributed by atoms with Crippen molar-refractivity contribution in [2.75, 3.05) is 0 Å². The van der Waals surface area contributed by atoms with Crippen molar-refractivity contribution in [1.82, 2.24) is 9.78 Å². The van der Waals surface area contributed by atoms with Crippen LogP contribution in [-0.4, -0.2) is 25.3 Å². The van der Waals surface area contributed by atoms with Crippen LogP contribution in [0.2, 0.25) is 10.0 Å². The number of hydrogen-bond acceptors (Lipinski definition) is 3. The summed E-state index contributed by atoms with van der Waals surface area (Å²) in [5.74, 6) is -0.573. The Hall–Kier alpha value is -1.17. The third kappa shape index (κ3) is 3.14. The van der Waals surface area contributed by atoms with Crippen LogP contribution in [0.1, 0.15) is 29.2 Å². The molecule has 2 unspecified atom stereocenters. The van der Waals surface area contributed by atoms with Crippen LogP contribution in [0.15, 0.2) is 18.3 Å². The van der Waals surface area contributed by atoms with Crippen LogP contribution in [0.25, 0.3) is 5.69 Å². The number of hydrogen-bond donors (Lipinski definition) is 1. The molecule has 1 aromatic heterocycles. The summed E-state index contributed by atoms with van der Waals surface area (Å²) in [7, 11) is 0. The maximum absolute atomic E-state index is 12.9. The third-order valence-electron chi connectivity index (χ3n) is 4.17. The molecular formula is C15H8Cl4F3N3O. The SMILES string of the molecule is N#Cc1nn(-c2c(Cl)cc(C(F)(F)F)cc2Cl)cc1C1CC(O)C1(Cl)Cl. The van der Waals surface area contributed by atoms with Gasteiger partial charge in [0.2, 0.25) is 0 Å². The molecule has 26 heavy (non-hydrogen) atoms. The van der Waals surface area contributed by atoms with E-state index in [2.05, 4.69) is 5.10 Å². The largest absolute Gasteiger partial charge is 0.416 e. The number of nitrogens with zero attached hydrogens (tertiary/aromatic N) is 3. The average molecular weight is 445 g/mol. The van der Waals surface area contributed by atoms with Crippen molar-refractivity contribution in [2.24, 2.45) is 0 Å². The van der Waals surface area contributed by atoms with Gasteiger partial charge in [0.25, 0.3) is 0 Å². The maximum atomic E-state index is 12.9. The van der Waals surface area contributed by atoms with Crippen molar-refractivity contribution in [3.05, 3.63) is 45.2 Å². The highest BCUT2D eigenvalue weighted by atomic mass is 35.5. The summed E-state index contributed by atoms with van der Waals surface area (Å²) in [6, 6.07) is 3.30. The monoisotopic (exact) mass is 443 g/mol. The maximum Gasteiger partial charge on any atom is 0.416 e. The minimum Gasteiger partial charge on any atom is -0.390 e. The molecule has 0 bridgehead atoms. The second-order valence-electron chi connectivity index (χ2n) is 5.75. The van der Waals surface area contributed by atoms with Crippen LogP contribution in [0, 0.1) is 11.3 Å². The van der Waals surface area contributed by atoms with Crippen LogP contribution in [0.4, 0.5) is 13.2 Å². The standard InChI is InChI=1S/C15H8Cl4F3N3O/c16-9-1-6(15(20,21)22)2-10(17)13(9)25-5-7(11(4-23)24-25)8-3-12(26)14(8,18)19/h1-2,5,8,12,26H,3H2. The second kappa shape index (κ2) is 6.47. The third-order valence-corrected chi connectivity index (χ3v) is 5.77. The summed E-state index contributed by atoms with van der Waals surface area (Å²) < 4.78 is 38.2. The predicted molar refractivity (Wildman–Crippen MR) is 91.1 cm³/mol. The molecule has 0 radical (unpaired) electrons. The van der Waals surface area contributed by atoms with Gasteiger partial charge in [0.1, 0.15) is 11.8 Å².